The van der Waals surface area contributed by atoms with E-state index < -0.39 is 0 Å². The van der Waals surface area contributed by atoms with Crippen LogP contribution in [0.25, 0.3) is 0 Å². The van der Waals surface area contributed by atoms with Crippen molar-refractivity contribution in [1.82, 2.24) is 10.2 Å². The lowest BCUT2D eigenvalue weighted by molar-refractivity contribution is 0.183. The molecule has 1 heterocycles. The summed E-state index contributed by atoms with van der Waals surface area (Å²) in [4.78, 5) is 13.5. The fourth-order valence-corrected chi connectivity index (χ4v) is 1.50. The van der Waals surface area contributed by atoms with Crippen molar-refractivity contribution in [3.63, 3.8) is 0 Å². The van der Waals surface area contributed by atoms with Gasteiger partial charge in [0.2, 0.25) is 0 Å². The number of piperidine rings is 1. The van der Waals surface area contributed by atoms with Gasteiger partial charge in [0.1, 0.15) is 0 Å². The van der Waals surface area contributed by atoms with E-state index in [1.807, 2.05) is 11.8 Å². The normalized spacial score (nSPS) is 19.7. The second-order valence-electron chi connectivity index (χ2n) is 3.81. The summed E-state index contributed by atoms with van der Waals surface area (Å²) < 4.78 is 0. The lowest BCUT2D eigenvalue weighted by atomic mass is 10.1. The Morgan fingerprint density at radius 1 is 1.38 bits per heavy atom. The molecule has 0 radical (unpaired) electrons. The third kappa shape index (κ3) is 3.25. The van der Waals surface area contributed by atoms with E-state index in [0.717, 1.165) is 32.4 Å². The van der Waals surface area contributed by atoms with Crippen molar-refractivity contribution < 1.29 is 4.79 Å². The maximum atomic E-state index is 11.6. The largest absolute Gasteiger partial charge is 0.336 e. The van der Waals surface area contributed by atoms with Gasteiger partial charge in [-0.25, -0.2) is 4.79 Å². The Kier molecular flexibility index (Phi) is 4.06. The number of nitrogens with one attached hydrogen (secondary N) is 1. The zero-order chi connectivity index (χ0) is 9.68. The first-order chi connectivity index (χ1) is 6.24. The minimum absolute atomic E-state index is 0.119. The highest BCUT2D eigenvalue weighted by molar-refractivity contribution is 5.74. The number of likely N-dealkylation sites (tertiary alicyclic amines) is 1. The number of nitrogens with zero attached hydrogens (tertiary/aromatic N) is 1. The minimum Gasteiger partial charge on any atom is -0.336 e. The molecule has 1 rings (SSSR count). The van der Waals surface area contributed by atoms with Gasteiger partial charge in [-0.15, -0.1) is 0 Å². The number of carbonyl (C=O) groups excluding carboxylic acids is 1. The van der Waals surface area contributed by atoms with Gasteiger partial charge in [-0.2, -0.15) is 0 Å². The van der Waals surface area contributed by atoms with Crippen molar-refractivity contribution in [2.75, 3.05) is 13.1 Å². The van der Waals surface area contributed by atoms with Crippen molar-refractivity contribution >= 4 is 6.03 Å². The third-order valence-corrected chi connectivity index (χ3v) is 2.63. The molecule has 13 heavy (non-hydrogen) atoms. The molecule has 0 aromatic carbocycles. The second-order valence-corrected chi connectivity index (χ2v) is 3.81. The molecule has 1 aliphatic rings. The number of rotatable bonds is 2. The van der Waals surface area contributed by atoms with E-state index >= 15 is 0 Å². The Bertz CT molecular complexity index is 164. The number of carbonyl (C=O) groups is 1. The zero-order valence-electron chi connectivity index (χ0n) is 8.68. The first-order valence-corrected chi connectivity index (χ1v) is 5.29. The molecule has 3 nitrogen and oxygen atoms in total. The Balaban J connectivity index is 2.29. The molecule has 0 aromatic heterocycles. The molecule has 0 aliphatic carbocycles. The van der Waals surface area contributed by atoms with Crippen molar-refractivity contribution in [1.29, 1.82) is 0 Å². The zero-order valence-corrected chi connectivity index (χ0v) is 8.68. The number of hydrogen-bond donors (Lipinski definition) is 1. The van der Waals surface area contributed by atoms with Crippen molar-refractivity contribution in [3.8, 4) is 0 Å². The van der Waals surface area contributed by atoms with Gasteiger partial charge < -0.3 is 10.2 Å². The molecule has 3 heteroatoms. The molecule has 1 saturated heterocycles. The average molecular weight is 184 g/mol. The Hall–Kier alpha value is -0.730. The van der Waals surface area contributed by atoms with E-state index in [1.165, 1.54) is 6.42 Å². The van der Waals surface area contributed by atoms with E-state index in [9.17, 15) is 4.79 Å². The van der Waals surface area contributed by atoms with Crippen molar-refractivity contribution in [3.05, 3.63) is 0 Å². The van der Waals surface area contributed by atoms with Gasteiger partial charge in [-0.05, 0) is 32.6 Å². The van der Waals surface area contributed by atoms with Crippen LogP contribution in [-0.4, -0.2) is 30.1 Å². The van der Waals surface area contributed by atoms with Crippen LogP contribution in [0.3, 0.4) is 0 Å². The Morgan fingerprint density at radius 3 is 2.54 bits per heavy atom. The summed E-state index contributed by atoms with van der Waals surface area (Å²) in [5, 5.41) is 2.99. The molecule has 76 valence electrons. The van der Waals surface area contributed by atoms with Gasteiger partial charge in [0.05, 0.1) is 0 Å². The maximum absolute atomic E-state index is 11.6. The second kappa shape index (κ2) is 5.10. The Morgan fingerprint density at radius 2 is 2.00 bits per heavy atom. The predicted molar refractivity (Wildman–Crippen MR) is 53.7 cm³/mol. The molecule has 0 spiro atoms. The lowest BCUT2D eigenvalue weighted by Gasteiger charge is -2.28. The summed E-state index contributed by atoms with van der Waals surface area (Å²) in [6, 6.07) is 0.420. The molecule has 0 unspecified atom stereocenters. The van der Waals surface area contributed by atoms with Gasteiger partial charge in [0.15, 0.2) is 0 Å². The summed E-state index contributed by atoms with van der Waals surface area (Å²) >= 11 is 0. The van der Waals surface area contributed by atoms with E-state index in [1.54, 1.807) is 0 Å². The highest BCUT2D eigenvalue weighted by atomic mass is 16.2. The summed E-state index contributed by atoms with van der Waals surface area (Å²) in [7, 11) is 0. The lowest BCUT2D eigenvalue weighted by Crippen LogP contribution is -2.45. The van der Waals surface area contributed by atoms with Crippen LogP contribution >= 0.6 is 0 Å². The van der Waals surface area contributed by atoms with E-state index in [4.69, 9.17) is 0 Å². The number of hydrogen-bond acceptors (Lipinski definition) is 1. The summed E-state index contributed by atoms with van der Waals surface area (Å²) in [5.74, 6) is 0. The fraction of sp³-hybridized carbons (Fsp3) is 0.900. The van der Waals surface area contributed by atoms with E-state index in [0.29, 0.717) is 6.04 Å². The van der Waals surface area contributed by atoms with Crippen LogP contribution < -0.4 is 5.32 Å². The topological polar surface area (TPSA) is 32.3 Å². The quantitative estimate of drug-likeness (QED) is 0.699. The molecule has 0 saturated carbocycles. The Labute approximate surface area is 80.5 Å². The van der Waals surface area contributed by atoms with Gasteiger partial charge in [0.25, 0.3) is 0 Å². The molecule has 0 aromatic rings. The highest BCUT2D eigenvalue weighted by Crippen LogP contribution is 2.08. The molecule has 1 aliphatic heterocycles. The van der Waals surface area contributed by atoms with Crippen molar-refractivity contribution in [2.45, 2.75) is 45.6 Å². The van der Waals surface area contributed by atoms with Gasteiger partial charge >= 0.3 is 6.03 Å². The summed E-state index contributed by atoms with van der Waals surface area (Å²) in [5.41, 5.74) is 0. The first-order valence-electron chi connectivity index (χ1n) is 5.29. The first kappa shape index (κ1) is 10.4. The maximum Gasteiger partial charge on any atom is 0.317 e. The minimum atomic E-state index is 0.119. The summed E-state index contributed by atoms with van der Waals surface area (Å²) in [6.45, 7) is 5.99. The highest BCUT2D eigenvalue weighted by Gasteiger charge is 2.16. The summed E-state index contributed by atoms with van der Waals surface area (Å²) in [6.07, 6.45) is 4.59. The van der Waals surface area contributed by atoms with Gasteiger partial charge in [0, 0.05) is 19.1 Å². The van der Waals surface area contributed by atoms with E-state index in [2.05, 4.69) is 12.2 Å². The SMILES string of the molecule is CC[C@H](C)NC(=O)N1CCCCC1. The monoisotopic (exact) mass is 184 g/mol. The predicted octanol–water partition coefficient (Wildman–Crippen LogP) is 1.98. The molecule has 1 N–H and O–H groups in total. The van der Waals surface area contributed by atoms with Crippen LogP contribution in [-0.2, 0) is 0 Å². The van der Waals surface area contributed by atoms with E-state index in [-0.39, 0.29) is 6.03 Å². The molecular weight excluding hydrogens is 164 g/mol. The smallest absolute Gasteiger partial charge is 0.317 e. The van der Waals surface area contributed by atoms with Crippen LogP contribution in [0.2, 0.25) is 0 Å². The standard InChI is InChI=1S/C10H20N2O/c1-3-9(2)11-10(13)12-7-5-4-6-8-12/h9H,3-8H2,1-2H3,(H,11,13)/t9-/m0/s1. The average Bonchev–Trinajstić information content (AvgIpc) is 2.19. The third-order valence-electron chi connectivity index (χ3n) is 2.63. The van der Waals surface area contributed by atoms with Gasteiger partial charge in [-0.3, -0.25) is 0 Å². The molecule has 0 bridgehead atoms. The van der Waals surface area contributed by atoms with Crippen LogP contribution in [0.1, 0.15) is 39.5 Å². The van der Waals surface area contributed by atoms with Crippen molar-refractivity contribution in [2.24, 2.45) is 0 Å². The number of urea groups is 1. The van der Waals surface area contributed by atoms with Crippen LogP contribution in [0.4, 0.5) is 4.79 Å². The fourth-order valence-electron chi connectivity index (χ4n) is 1.50. The molecule has 1 fully saturated rings. The molecular formula is C10H20N2O. The van der Waals surface area contributed by atoms with Crippen LogP contribution in [0.5, 0.6) is 0 Å². The van der Waals surface area contributed by atoms with Crippen LogP contribution in [0.15, 0.2) is 0 Å². The van der Waals surface area contributed by atoms with Gasteiger partial charge in [-0.1, -0.05) is 6.92 Å². The molecule has 2 amide bonds. The van der Waals surface area contributed by atoms with Crippen LogP contribution in [0, 0.1) is 0 Å². The number of amides is 2. The molecule has 1 atom stereocenters.